The second-order valence-electron chi connectivity index (χ2n) is 4.74. The Bertz CT molecular complexity index is 325. The number of nitrogens with zero attached hydrogens (tertiary/aromatic N) is 1. The molecule has 0 aromatic heterocycles. The number of hydrogen-bond donors (Lipinski definition) is 1. The Hall–Kier alpha value is -0.130. The first kappa shape index (κ1) is 9.12. The van der Waals surface area contributed by atoms with Gasteiger partial charge in [-0.3, -0.25) is 0 Å². The summed E-state index contributed by atoms with van der Waals surface area (Å²) in [6.07, 6.45) is 1.76. The van der Waals surface area contributed by atoms with Gasteiger partial charge >= 0.3 is 0 Å². The molecule has 1 saturated carbocycles. The summed E-state index contributed by atoms with van der Waals surface area (Å²) in [6, 6.07) is 0. The minimum atomic E-state index is -2.90. The molecular weight excluding hydrogens is 200 g/mol. The molecule has 1 aliphatic carbocycles. The summed E-state index contributed by atoms with van der Waals surface area (Å²) in [5.74, 6) is 1.15. The van der Waals surface area contributed by atoms with Crippen molar-refractivity contribution in [3.05, 3.63) is 0 Å². The lowest BCUT2D eigenvalue weighted by molar-refractivity contribution is 0.447. The van der Waals surface area contributed by atoms with E-state index < -0.39 is 10.0 Å². The van der Waals surface area contributed by atoms with Crippen LogP contribution in [0.15, 0.2) is 0 Å². The molecule has 14 heavy (non-hydrogen) atoms. The highest BCUT2D eigenvalue weighted by Gasteiger charge is 2.46. The zero-order valence-corrected chi connectivity index (χ0v) is 8.96. The van der Waals surface area contributed by atoms with Crippen molar-refractivity contribution in [1.82, 2.24) is 9.62 Å². The van der Waals surface area contributed by atoms with E-state index in [1.54, 1.807) is 4.31 Å². The van der Waals surface area contributed by atoms with Crippen molar-refractivity contribution in [2.45, 2.75) is 18.1 Å². The van der Waals surface area contributed by atoms with E-state index in [1.807, 2.05) is 0 Å². The first-order valence-electron chi connectivity index (χ1n) is 5.37. The van der Waals surface area contributed by atoms with Crippen LogP contribution in [0.25, 0.3) is 0 Å². The first-order valence-corrected chi connectivity index (χ1v) is 6.88. The van der Waals surface area contributed by atoms with Crippen molar-refractivity contribution < 1.29 is 8.42 Å². The maximum Gasteiger partial charge on any atom is 0.217 e. The van der Waals surface area contributed by atoms with Gasteiger partial charge in [0.05, 0.1) is 5.25 Å². The molecule has 2 unspecified atom stereocenters. The molecule has 80 valence electrons. The lowest BCUT2D eigenvalue weighted by Gasteiger charge is -2.16. The molecule has 2 atom stereocenters. The molecule has 0 spiro atoms. The van der Waals surface area contributed by atoms with Crippen LogP contribution in [0, 0.1) is 11.8 Å². The van der Waals surface area contributed by atoms with Crippen molar-refractivity contribution in [3.8, 4) is 0 Å². The molecule has 4 nitrogen and oxygen atoms in total. The van der Waals surface area contributed by atoms with Crippen molar-refractivity contribution in [2.24, 2.45) is 11.8 Å². The van der Waals surface area contributed by atoms with Gasteiger partial charge in [-0.15, -0.1) is 0 Å². The quantitative estimate of drug-likeness (QED) is 0.685. The van der Waals surface area contributed by atoms with Crippen molar-refractivity contribution >= 4 is 10.0 Å². The van der Waals surface area contributed by atoms with E-state index in [-0.39, 0.29) is 5.25 Å². The van der Waals surface area contributed by atoms with Gasteiger partial charge in [-0.1, -0.05) is 0 Å². The number of rotatable bonds is 2. The van der Waals surface area contributed by atoms with Crippen molar-refractivity contribution in [3.63, 3.8) is 0 Å². The average molecular weight is 216 g/mol. The van der Waals surface area contributed by atoms with Crippen LogP contribution in [-0.2, 0) is 10.0 Å². The van der Waals surface area contributed by atoms with Crippen LogP contribution >= 0.6 is 0 Å². The second-order valence-corrected chi connectivity index (χ2v) is 6.95. The number of sulfonamides is 1. The fourth-order valence-electron chi connectivity index (χ4n) is 2.60. The van der Waals surface area contributed by atoms with Crippen LogP contribution in [0.1, 0.15) is 12.8 Å². The van der Waals surface area contributed by atoms with E-state index in [0.717, 1.165) is 39.0 Å². The smallest absolute Gasteiger partial charge is 0.217 e. The Morgan fingerprint density at radius 2 is 1.64 bits per heavy atom. The molecule has 0 radical (unpaired) electrons. The zero-order valence-electron chi connectivity index (χ0n) is 8.15. The van der Waals surface area contributed by atoms with Crippen LogP contribution in [0.2, 0.25) is 0 Å². The standard InChI is InChI=1S/C9H16N2O2S/c12-14(13,9-1-2-9)11-5-7-3-10-4-8(7)6-11/h7-10H,1-6H2. The monoisotopic (exact) mass is 216 g/mol. The van der Waals surface area contributed by atoms with Gasteiger partial charge in [0.15, 0.2) is 0 Å². The predicted octanol–water partition coefficient (Wildman–Crippen LogP) is -0.370. The molecule has 2 heterocycles. The first-order chi connectivity index (χ1) is 6.68. The molecule has 0 amide bonds. The van der Waals surface area contributed by atoms with Crippen LogP contribution in [-0.4, -0.2) is 44.2 Å². The highest BCUT2D eigenvalue weighted by molar-refractivity contribution is 7.90. The average Bonchev–Trinajstić information content (AvgIpc) is 2.75. The van der Waals surface area contributed by atoms with Gasteiger partial charge < -0.3 is 5.32 Å². The van der Waals surface area contributed by atoms with Gasteiger partial charge in [-0.25, -0.2) is 12.7 Å². The molecule has 2 aliphatic heterocycles. The lowest BCUT2D eigenvalue weighted by atomic mass is 10.0. The summed E-state index contributed by atoms with van der Waals surface area (Å²) in [6.45, 7) is 3.52. The summed E-state index contributed by atoms with van der Waals surface area (Å²) in [4.78, 5) is 0. The Labute approximate surface area is 84.7 Å². The normalized spacial score (nSPS) is 38.9. The van der Waals surface area contributed by atoms with E-state index in [2.05, 4.69) is 5.32 Å². The Morgan fingerprint density at radius 3 is 2.14 bits per heavy atom. The molecule has 0 bridgehead atoms. The summed E-state index contributed by atoms with van der Waals surface area (Å²) in [7, 11) is -2.90. The van der Waals surface area contributed by atoms with Crippen LogP contribution in [0.4, 0.5) is 0 Å². The lowest BCUT2D eigenvalue weighted by Crippen LogP contribution is -2.34. The summed E-state index contributed by atoms with van der Waals surface area (Å²) in [5, 5.41) is 3.29. The second kappa shape index (κ2) is 2.93. The van der Waals surface area contributed by atoms with Crippen LogP contribution < -0.4 is 5.32 Å². The zero-order chi connectivity index (χ0) is 9.76. The van der Waals surface area contributed by atoms with Gasteiger partial charge in [0, 0.05) is 13.1 Å². The fraction of sp³-hybridized carbons (Fsp3) is 1.00. The van der Waals surface area contributed by atoms with E-state index >= 15 is 0 Å². The molecule has 0 aromatic carbocycles. The molecular formula is C9H16N2O2S. The summed E-state index contributed by atoms with van der Waals surface area (Å²) < 4.78 is 25.6. The third-order valence-corrected chi connectivity index (χ3v) is 5.99. The van der Waals surface area contributed by atoms with Crippen molar-refractivity contribution in [1.29, 1.82) is 0 Å². The fourth-order valence-corrected chi connectivity index (χ4v) is 4.55. The third kappa shape index (κ3) is 1.30. The van der Waals surface area contributed by atoms with Crippen LogP contribution in [0.5, 0.6) is 0 Å². The maximum atomic E-state index is 11.9. The molecule has 3 aliphatic rings. The maximum absolute atomic E-state index is 11.9. The minimum Gasteiger partial charge on any atom is -0.316 e. The van der Waals surface area contributed by atoms with Gasteiger partial charge in [0.25, 0.3) is 0 Å². The van der Waals surface area contributed by atoms with E-state index in [4.69, 9.17) is 0 Å². The number of fused-ring (bicyclic) bond motifs is 1. The van der Waals surface area contributed by atoms with E-state index in [1.165, 1.54) is 0 Å². The molecule has 3 fully saturated rings. The summed E-state index contributed by atoms with van der Waals surface area (Å²) in [5.41, 5.74) is 0. The third-order valence-electron chi connectivity index (χ3n) is 3.66. The Morgan fingerprint density at radius 1 is 1.07 bits per heavy atom. The molecule has 1 N–H and O–H groups in total. The highest BCUT2D eigenvalue weighted by Crippen LogP contribution is 2.36. The van der Waals surface area contributed by atoms with Gasteiger partial charge in [-0.2, -0.15) is 0 Å². The van der Waals surface area contributed by atoms with Gasteiger partial charge in [0.1, 0.15) is 0 Å². The molecule has 0 aromatic rings. The summed E-state index contributed by atoms with van der Waals surface area (Å²) >= 11 is 0. The Kier molecular flexibility index (Phi) is 1.91. The number of nitrogens with one attached hydrogen (secondary N) is 1. The largest absolute Gasteiger partial charge is 0.316 e. The van der Waals surface area contributed by atoms with Gasteiger partial charge in [-0.05, 0) is 37.8 Å². The highest BCUT2D eigenvalue weighted by atomic mass is 32.2. The van der Waals surface area contributed by atoms with E-state index in [9.17, 15) is 8.42 Å². The SMILES string of the molecule is O=S(=O)(C1CC1)N1CC2CNCC2C1. The molecule has 3 rings (SSSR count). The number of hydrogen-bond acceptors (Lipinski definition) is 3. The topological polar surface area (TPSA) is 49.4 Å². The van der Waals surface area contributed by atoms with Crippen LogP contribution in [0.3, 0.4) is 0 Å². The Balaban J connectivity index is 1.76. The molecule has 5 heteroatoms. The predicted molar refractivity (Wildman–Crippen MR) is 53.4 cm³/mol. The molecule has 2 saturated heterocycles. The van der Waals surface area contributed by atoms with Gasteiger partial charge in [0.2, 0.25) is 10.0 Å². The van der Waals surface area contributed by atoms with Crippen molar-refractivity contribution in [2.75, 3.05) is 26.2 Å². The minimum absolute atomic E-state index is 0.0331. The van der Waals surface area contributed by atoms with E-state index in [0.29, 0.717) is 11.8 Å².